The van der Waals surface area contributed by atoms with Gasteiger partial charge in [0.2, 0.25) is 0 Å². The summed E-state index contributed by atoms with van der Waals surface area (Å²) in [6.07, 6.45) is 0.766. The molecule has 0 aliphatic carbocycles. The number of benzene rings is 3. The summed E-state index contributed by atoms with van der Waals surface area (Å²) in [5.74, 6) is -0.0474. The molecule has 3 heteroatoms. The Bertz CT molecular complexity index is 804. The van der Waals surface area contributed by atoms with Gasteiger partial charge in [-0.2, -0.15) is 0 Å². The van der Waals surface area contributed by atoms with Crippen LogP contribution in [0.5, 0.6) is 0 Å². The van der Waals surface area contributed by atoms with E-state index < -0.39 is 0 Å². The molecular weight excluding hydrogens is 286 g/mol. The zero-order valence-corrected chi connectivity index (χ0v) is 12.8. The van der Waals surface area contributed by atoms with E-state index in [1.165, 1.54) is 0 Å². The summed E-state index contributed by atoms with van der Waals surface area (Å²) in [5, 5.41) is 14.1. The van der Waals surface area contributed by atoms with E-state index in [1.54, 1.807) is 0 Å². The molecule has 0 saturated carbocycles. The summed E-state index contributed by atoms with van der Waals surface area (Å²) in [4.78, 5) is 12.4. The van der Waals surface area contributed by atoms with Crippen molar-refractivity contribution in [3.63, 3.8) is 0 Å². The Balaban J connectivity index is 1.64. The molecule has 0 aromatic heterocycles. The van der Waals surface area contributed by atoms with Crippen molar-refractivity contribution >= 4 is 16.7 Å². The maximum atomic E-state index is 12.4. The van der Waals surface area contributed by atoms with Crippen LogP contribution in [-0.4, -0.2) is 17.6 Å². The molecule has 0 radical (unpaired) electrons. The highest BCUT2D eigenvalue weighted by molar-refractivity contribution is 6.06. The van der Waals surface area contributed by atoms with Gasteiger partial charge in [-0.25, -0.2) is 0 Å². The van der Waals surface area contributed by atoms with Crippen LogP contribution in [0.3, 0.4) is 0 Å². The lowest BCUT2D eigenvalue weighted by atomic mass is 10.0. The largest absolute Gasteiger partial charge is 0.392 e. The summed E-state index contributed by atoms with van der Waals surface area (Å²) in [7, 11) is 0. The van der Waals surface area contributed by atoms with Crippen molar-refractivity contribution < 1.29 is 9.90 Å². The molecule has 3 rings (SSSR count). The highest BCUT2D eigenvalue weighted by Gasteiger charge is 2.08. The molecule has 1 amide bonds. The summed E-state index contributed by atoms with van der Waals surface area (Å²) >= 11 is 0. The summed E-state index contributed by atoms with van der Waals surface area (Å²) in [6, 6.07) is 21.4. The van der Waals surface area contributed by atoms with Gasteiger partial charge in [0.15, 0.2) is 0 Å². The van der Waals surface area contributed by atoms with Crippen molar-refractivity contribution in [2.75, 3.05) is 6.54 Å². The van der Waals surface area contributed by atoms with E-state index in [9.17, 15) is 4.79 Å². The number of carbonyl (C=O) groups excluding carboxylic acids is 1. The van der Waals surface area contributed by atoms with Crippen LogP contribution in [0.4, 0.5) is 0 Å². The Morgan fingerprint density at radius 1 is 0.870 bits per heavy atom. The smallest absolute Gasteiger partial charge is 0.251 e. The van der Waals surface area contributed by atoms with E-state index in [0.717, 1.165) is 28.3 Å². The number of nitrogens with one attached hydrogen (secondary N) is 1. The minimum Gasteiger partial charge on any atom is -0.392 e. The maximum absolute atomic E-state index is 12.4. The average molecular weight is 305 g/mol. The molecule has 0 atom stereocenters. The second kappa shape index (κ2) is 7.07. The third-order valence-corrected chi connectivity index (χ3v) is 3.94. The quantitative estimate of drug-likeness (QED) is 0.760. The van der Waals surface area contributed by atoms with Gasteiger partial charge in [-0.15, -0.1) is 0 Å². The van der Waals surface area contributed by atoms with Gasteiger partial charge in [-0.1, -0.05) is 60.7 Å². The fourth-order valence-corrected chi connectivity index (χ4v) is 2.65. The standard InChI is InChI=1S/C20H19NO2/c22-14-16-10-8-15(9-11-16)12-13-21-20(23)19-7-3-5-17-4-1-2-6-18(17)19/h1-11,22H,12-14H2,(H,21,23). The number of hydrogen-bond acceptors (Lipinski definition) is 2. The van der Waals surface area contributed by atoms with Gasteiger partial charge in [0.05, 0.1) is 6.61 Å². The molecule has 3 aromatic carbocycles. The first-order chi connectivity index (χ1) is 11.3. The Morgan fingerprint density at radius 2 is 1.57 bits per heavy atom. The number of aliphatic hydroxyl groups is 1. The van der Waals surface area contributed by atoms with Crippen LogP contribution < -0.4 is 5.32 Å². The van der Waals surface area contributed by atoms with Crippen LogP contribution >= 0.6 is 0 Å². The summed E-state index contributed by atoms with van der Waals surface area (Å²) in [6.45, 7) is 0.638. The van der Waals surface area contributed by atoms with Crippen LogP contribution in [0.25, 0.3) is 10.8 Å². The first kappa shape index (κ1) is 15.3. The molecule has 0 saturated heterocycles. The van der Waals surface area contributed by atoms with Crippen molar-refractivity contribution in [2.45, 2.75) is 13.0 Å². The van der Waals surface area contributed by atoms with Crippen molar-refractivity contribution in [1.29, 1.82) is 0 Å². The van der Waals surface area contributed by atoms with E-state index in [4.69, 9.17) is 5.11 Å². The fraction of sp³-hybridized carbons (Fsp3) is 0.150. The topological polar surface area (TPSA) is 49.3 Å². The monoisotopic (exact) mass is 305 g/mol. The van der Waals surface area contributed by atoms with E-state index in [1.807, 2.05) is 66.7 Å². The lowest BCUT2D eigenvalue weighted by Crippen LogP contribution is -2.25. The van der Waals surface area contributed by atoms with Gasteiger partial charge >= 0.3 is 0 Å². The van der Waals surface area contributed by atoms with E-state index in [2.05, 4.69) is 5.32 Å². The van der Waals surface area contributed by atoms with Gasteiger partial charge in [0, 0.05) is 12.1 Å². The molecule has 0 fully saturated rings. The predicted octanol–water partition coefficient (Wildman–Crippen LogP) is 3.30. The molecule has 0 heterocycles. The lowest BCUT2D eigenvalue weighted by molar-refractivity contribution is 0.0956. The van der Waals surface area contributed by atoms with E-state index >= 15 is 0 Å². The third kappa shape index (κ3) is 3.58. The van der Waals surface area contributed by atoms with Crippen LogP contribution in [-0.2, 0) is 13.0 Å². The number of hydrogen-bond donors (Lipinski definition) is 2. The Labute approximate surface area is 135 Å². The number of carbonyl (C=O) groups is 1. The molecular formula is C20H19NO2. The minimum atomic E-state index is -0.0474. The average Bonchev–Trinajstić information content (AvgIpc) is 2.61. The molecule has 0 aliphatic heterocycles. The minimum absolute atomic E-state index is 0.0474. The normalized spacial score (nSPS) is 10.7. The van der Waals surface area contributed by atoms with Crippen LogP contribution in [0.1, 0.15) is 21.5 Å². The predicted molar refractivity (Wildman–Crippen MR) is 92.4 cm³/mol. The van der Waals surface area contributed by atoms with E-state index in [0.29, 0.717) is 12.1 Å². The van der Waals surface area contributed by atoms with Crippen LogP contribution in [0, 0.1) is 0 Å². The molecule has 0 unspecified atom stereocenters. The van der Waals surface area contributed by atoms with Crippen molar-refractivity contribution in [3.05, 3.63) is 83.4 Å². The molecule has 23 heavy (non-hydrogen) atoms. The zero-order valence-electron chi connectivity index (χ0n) is 12.8. The van der Waals surface area contributed by atoms with Crippen LogP contribution in [0.15, 0.2) is 66.7 Å². The summed E-state index contributed by atoms with van der Waals surface area (Å²) < 4.78 is 0. The molecule has 116 valence electrons. The highest BCUT2D eigenvalue weighted by atomic mass is 16.3. The lowest BCUT2D eigenvalue weighted by Gasteiger charge is -2.08. The highest BCUT2D eigenvalue weighted by Crippen LogP contribution is 2.18. The Hall–Kier alpha value is -2.65. The second-order valence-electron chi connectivity index (χ2n) is 5.51. The molecule has 0 bridgehead atoms. The van der Waals surface area contributed by atoms with E-state index in [-0.39, 0.29) is 12.5 Å². The fourth-order valence-electron chi connectivity index (χ4n) is 2.65. The van der Waals surface area contributed by atoms with Crippen LogP contribution in [0.2, 0.25) is 0 Å². The molecule has 0 aliphatic rings. The van der Waals surface area contributed by atoms with Crippen molar-refractivity contribution in [1.82, 2.24) is 5.32 Å². The number of fused-ring (bicyclic) bond motifs is 1. The maximum Gasteiger partial charge on any atom is 0.251 e. The van der Waals surface area contributed by atoms with Crippen molar-refractivity contribution in [3.8, 4) is 0 Å². The zero-order chi connectivity index (χ0) is 16.1. The van der Waals surface area contributed by atoms with Gasteiger partial charge < -0.3 is 10.4 Å². The Morgan fingerprint density at radius 3 is 2.35 bits per heavy atom. The van der Waals surface area contributed by atoms with Gasteiger partial charge in [-0.3, -0.25) is 4.79 Å². The summed E-state index contributed by atoms with van der Waals surface area (Å²) in [5.41, 5.74) is 2.74. The second-order valence-corrected chi connectivity index (χ2v) is 5.51. The number of amides is 1. The van der Waals surface area contributed by atoms with Gasteiger partial charge in [-0.05, 0) is 34.4 Å². The van der Waals surface area contributed by atoms with Gasteiger partial charge in [0.25, 0.3) is 5.91 Å². The SMILES string of the molecule is O=C(NCCc1ccc(CO)cc1)c1cccc2ccccc12. The molecule has 2 N–H and O–H groups in total. The van der Waals surface area contributed by atoms with Crippen molar-refractivity contribution in [2.24, 2.45) is 0 Å². The Kier molecular flexibility index (Phi) is 4.69. The third-order valence-electron chi connectivity index (χ3n) is 3.94. The first-order valence-electron chi connectivity index (χ1n) is 7.72. The number of aliphatic hydroxyl groups excluding tert-OH is 1. The van der Waals surface area contributed by atoms with Gasteiger partial charge in [0.1, 0.15) is 0 Å². The first-order valence-corrected chi connectivity index (χ1v) is 7.72. The molecule has 3 aromatic rings. The molecule has 0 spiro atoms. The molecule has 3 nitrogen and oxygen atoms in total. The number of rotatable bonds is 5.